The summed E-state index contributed by atoms with van der Waals surface area (Å²) in [6.07, 6.45) is 0. The molecule has 0 aliphatic carbocycles. The molecule has 0 bridgehead atoms. The summed E-state index contributed by atoms with van der Waals surface area (Å²) in [6, 6.07) is 8.49. The van der Waals surface area contributed by atoms with E-state index < -0.39 is 0 Å². The number of nitrogens with one attached hydrogen (secondary N) is 2. The van der Waals surface area contributed by atoms with Crippen molar-refractivity contribution in [2.45, 2.75) is 40.8 Å². The third-order valence-electron chi connectivity index (χ3n) is 3.30. The first kappa shape index (κ1) is 16.5. The molecule has 1 heterocycles. The van der Waals surface area contributed by atoms with Crippen LogP contribution in [0.3, 0.4) is 0 Å². The van der Waals surface area contributed by atoms with Gasteiger partial charge in [0.2, 0.25) is 0 Å². The van der Waals surface area contributed by atoms with Crippen LogP contribution in [0, 0.1) is 20.8 Å². The Hall–Kier alpha value is -1.88. The number of rotatable bonds is 5. The molecule has 0 fully saturated rings. The number of hydrogen-bond acceptors (Lipinski definition) is 3. The van der Waals surface area contributed by atoms with Gasteiger partial charge in [0.05, 0.1) is 23.8 Å². The zero-order chi connectivity index (χ0) is 15.9. The fourth-order valence-electron chi connectivity index (χ4n) is 2.11. The summed E-state index contributed by atoms with van der Waals surface area (Å²) < 4.78 is 0. The van der Waals surface area contributed by atoms with E-state index in [2.05, 4.69) is 65.6 Å². The number of guanidine groups is 1. The van der Waals surface area contributed by atoms with Crippen molar-refractivity contribution in [3.05, 3.63) is 51.0 Å². The average molecular weight is 316 g/mol. The Balaban J connectivity index is 1.97. The van der Waals surface area contributed by atoms with Gasteiger partial charge >= 0.3 is 0 Å². The van der Waals surface area contributed by atoms with Crippen LogP contribution < -0.4 is 10.6 Å². The maximum Gasteiger partial charge on any atom is 0.191 e. The summed E-state index contributed by atoms with van der Waals surface area (Å²) in [4.78, 5) is 10.4. The smallest absolute Gasteiger partial charge is 0.191 e. The highest BCUT2D eigenvalue weighted by molar-refractivity contribution is 7.11. The van der Waals surface area contributed by atoms with Crippen molar-refractivity contribution in [1.82, 2.24) is 15.6 Å². The molecule has 4 nitrogen and oxygen atoms in total. The lowest BCUT2D eigenvalue weighted by molar-refractivity contribution is 0.819. The molecular weight excluding hydrogens is 292 g/mol. The largest absolute Gasteiger partial charge is 0.357 e. The van der Waals surface area contributed by atoms with Crippen molar-refractivity contribution in [2.24, 2.45) is 4.99 Å². The van der Waals surface area contributed by atoms with Crippen LogP contribution in [0.1, 0.15) is 33.6 Å². The Morgan fingerprint density at radius 3 is 2.45 bits per heavy atom. The van der Waals surface area contributed by atoms with Crippen molar-refractivity contribution in [1.29, 1.82) is 0 Å². The molecule has 2 N–H and O–H groups in total. The van der Waals surface area contributed by atoms with E-state index in [4.69, 9.17) is 0 Å². The zero-order valence-corrected chi connectivity index (χ0v) is 14.5. The van der Waals surface area contributed by atoms with Gasteiger partial charge in [-0.05, 0) is 33.3 Å². The summed E-state index contributed by atoms with van der Waals surface area (Å²) in [5.41, 5.74) is 3.59. The summed E-state index contributed by atoms with van der Waals surface area (Å²) in [7, 11) is 0. The lowest BCUT2D eigenvalue weighted by Gasteiger charge is -2.10. The van der Waals surface area contributed by atoms with E-state index in [1.54, 1.807) is 11.3 Å². The molecule has 0 aliphatic rings. The molecule has 22 heavy (non-hydrogen) atoms. The van der Waals surface area contributed by atoms with Crippen LogP contribution in [0.15, 0.2) is 29.3 Å². The van der Waals surface area contributed by atoms with Gasteiger partial charge in [-0.2, -0.15) is 0 Å². The molecule has 118 valence electrons. The minimum Gasteiger partial charge on any atom is -0.357 e. The van der Waals surface area contributed by atoms with Gasteiger partial charge in [-0.1, -0.05) is 29.8 Å². The third-order valence-corrected chi connectivity index (χ3v) is 4.37. The van der Waals surface area contributed by atoms with Crippen molar-refractivity contribution < 1.29 is 0 Å². The van der Waals surface area contributed by atoms with E-state index in [1.807, 2.05) is 6.92 Å². The molecule has 1 aromatic heterocycles. The van der Waals surface area contributed by atoms with Gasteiger partial charge in [0, 0.05) is 11.4 Å². The molecule has 0 atom stereocenters. The maximum atomic E-state index is 4.64. The Bertz CT molecular complexity index is 629. The topological polar surface area (TPSA) is 49.3 Å². The van der Waals surface area contributed by atoms with E-state index in [1.165, 1.54) is 16.0 Å². The van der Waals surface area contributed by atoms with Crippen molar-refractivity contribution in [3.63, 3.8) is 0 Å². The highest BCUT2D eigenvalue weighted by Crippen LogP contribution is 2.16. The molecule has 0 spiro atoms. The summed E-state index contributed by atoms with van der Waals surface area (Å²) in [6.45, 7) is 10.5. The minimum atomic E-state index is 0.677. The lowest BCUT2D eigenvalue weighted by Crippen LogP contribution is -2.36. The second-order valence-corrected chi connectivity index (χ2v) is 6.56. The first-order valence-corrected chi connectivity index (χ1v) is 8.40. The molecule has 2 aromatic rings. The molecule has 0 saturated carbocycles. The Morgan fingerprint density at radius 1 is 1.14 bits per heavy atom. The molecule has 0 unspecified atom stereocenters. The van der Waals surface area contributed by atoms with Gasteiger partial charge in [0.25, 0.3) is 0 Å². The van der Waals surface area contributed by atoms with E-state index in [-0.39, 0.29) is 0 Å². The van der Waals surface area contributed by atoms with Gasteiger partial charge in [-0.15, -0.1) is 11.3 Å². The maximum absolute atomic E-state index is 4.64. The van der Waals surface area contributed by atoms with Gasteiger partial charge in [-0.25, -0.2) is 9.98 Å². The van der Waals surface area contributed by atoms with Crippen LogP contribution in [0.4, 0.5) is 0 Å². The molecule has 1 aromatic carbocycles. The molecular formula is C17H24N4S. The number of aromatic nitrogens is 1. The summed E-state index contributed by atoms with van der Waals surface area (Å²) in [5, 5.41) is 7.77. The van der Waals surface area contributed by atoms with Crippen LogP contribution in [0.2, 0.25) is 0 Å². The Morgan fingerprint density at radius 2 is 1.86 bits per heavy atom. The first-order chi connectivity index (χ1) is 10.6. The third kappa shape index (κ3) is 4.84. The minimum absolute atomic E-state index is 0.677. The van der Waals surface area contributed by atoms with Crippen molar-refractivity contribution >= 4 is 17.3 Å². The van der Waals surface area contributed by atoms with Crippen LogP contribution in [0.5, 0.6) is 0 Å². The number of aryl methyl sites for hydroxylation is 3. The fourth-order valence-corrected chi connectivity index (χ4v) is 2.98. The normalized spacial score (nSPS) is 11.5. The van der Waals surface area contributed by atoms with E-state index in [0.717, 1.165) is 29.8 Å². The molecule has 5 heteroatoms. The highest BCUT2D eigenvalue weighted by Gasteiger charge is 2.05. The number of thiazole rings is 1. The second-order valence-electron chi connectivity index (χ2n) is 5.28. The van der Waals surface area contributed by atoms with Gasteiger partial charge in [-0.3, -0.25) is 0 Å². The number of nitrogens with zero attached hydrogens (tertiary/aromatic N) is 2. The lowest BCUT2D eigenvalue weighted by atomic mass is 10.1. The van der Waals surface area contributed by atoms with Crippen molar-refractivity contribution in [3.8, 4) is 0 Å². The number of aliphatic imine (C=N–C) groups is 1. The zero-order valence-electron chi connectivity index (χ0n) is 13.7. The second kappa shape index (κ2) is 7.94. The van der Waals surface area contributed by atoms with Crippen molar-refractivity contribution in [2.75, 3.05) is 6.54 Å². The monoisotopic (exact) mass is 316 g/mol. The Labute approximate surface area is 136 Å². The fraction of sp³-hybridized carbons (Fsp3) is 0.412. The average Bonchev–Trinajstić information content (AvgIpc) is 2.81. The van der Waals surface area contributed by atoms with E-state index >= 15 is 0 Å². The highest BCUT2D eigenvalue weighted by atomic mass is 32.1. The SMILES string of the molecule is CCNC(=NCc1ccc(C)cc1)NCc1sc(C)nc1C. The molecule has 0 amide bonds. The molecule has 0 radical (unpaired) electrons. The van der Waals surface area contributed by atoms with Gasteiger partial charge in [0.15, 0.2) is 5.96 Å². The van der Waals surface area contributed by atoms with Gasteiger partial charge in [0.1, 0.15) is 0 Å². The standard InChI is InChI=1S/C17H24N4S/c1-5-18-17(19-10-15-8-6-12(2)7-9-15)20-11-16-13(3)21-14(4)22-16/h6-9H,5,10-11H2,1-4H3,(H2,18,19,20). The molecule has 0 aliphatic heterocycles. The van der Waals surface area contributed by atoms with Gasteiger partial charge < -0.3 is 10.6 Å². The first-order valence-electron chi connectivity index (χ1n) is 7.59. The number of hydrogen-bond donors (Lipinski definition) is 2. The molecule has 0 saturated heterocycles. The number of benzene rings is 1. The predicted molar refractivity (Wildman–Crippen MR) is 94.4 cm³/mol. The van der Waals surface area contributed by atoms with Crippen LogP contribution in [0.25, 0.3) is 0 Å². The molecule has 2 rings (SSSR count). The van der Waals surface area contributed by atoms with Crippen LogP contribution in [-0.2, 0) is 13.1 Å². The summed E-state index contributed by atoms with van der Waals surface area (Å²) in [5.74, 6) is 0.841. The summed E-state index contributed by atoms with van der Waals surface area (Å²) >= 11 is 1.73. The van der Waals surface area contributed by atoms with E-state index in [9.17, 15) is 0 Å². The van der Waals surface area contributed by atoms with Crippen LogP contribution in [-0.4, -0.2) is 17.5 Å². The Kier molecular flexibility index (Phi) is 5.95. The quantitative estimate of drug-likeness (QED) is 0.657. The van der Waals surface area contributed by atoms with E-state index in [0.29, 0.717) is 6.54 Å². The van der Waals surface area contributed by atoms with Crippen LogP contribution >= 0.6 is 11.3 Å². The predicted octanol–water partition coefficient (Wildman–Crippen LogP) is 3.32.